The van der Waals surface area contributed by atoms with Crippen molar-refractivity contribution >= 4 is 44.1 Å². The monoisotopic (exact) mass is 398 g/mol. The number of aromatic amines is 1. The van der Waals surface area contributed by atoms with Crippen LogP contribution in [0.2, 0.25) is 0 Å². The molecule has 0 radical (unpaired) electrons. The number of thiocarbonyl (C=S) groups is 1. The normalized spacial score (nSPS) is 10.8. The Kier molecular flexibility index (Phi) is 6.92. The number of unbranched alkanes of at least 4 members (excludes halogenated alkanes) is 2. The molecule has 22 heavy (non-hydrogen) atoms. The number of hydrogen-bond donors (Lipinski definition) is 1. The van der Waals surface area contributed by atoms with Crippen LogP contribution in [0.15, 0.2) is 35.1 Å². The molecule has 0 aliphatic rings. The van der Waals surface area contributed by atoms with Gasteiger partial charge in [0.1, 0.15) is 0 Å². The molecule has 3 nitrogen and oxygen atoms in total. The first-order valence-electron chi connectivity index (χ1n) is 7.25. The van der Waals surface area contributed by atoms with Gasteiger partial charge in [-0.15, -0.1) is 11.8 Å². The van der Waals surface area contributed by atoms with E-state index < -0.39 is 0 Å². The summed E-state index contributed by atoms with van der Waals surface area (Å²) in [5.74, 6) is 0.960. The number of hydrogen-bond acceptors (Lipinski definition) is 3. The first kappa shape index (κ1) is 17.5. The minimum Gasteiger partial charge on any atom is -0.295 e. The van der Waals surface area contributed by atoms with Gasteiger partial charge in [0, 0.05) is 11.0 Å². The summed E-state index contributed by atoms with van der Waals surface area (Å²) in [4.78, 5) is 12.6. The lowest BCUT2D eigenvalue weighted by atomic mass is 10.3. The fourth-order valence-electron chi connectivity index (χ4n) is 2.16. The molecular weight excluding hydrogens is 380 g/mol. The van der Waals surface area contributed by atoms with Crippen molar-refractivity contribution in [1.82, 2.24) is 9.78 Å². The van der Waals surface area contributed by atoms with Crippen LogP contribution in [0.1, 0.15) is 30.5 Å². The minimum absolute atomic E-state index is 0.0679. The van der Waals surface area contributed by atoms with E-state index in [1.807, 2.05) is 37.3 Å². The van der Waals surface area contributed by atoms with Crippen LogP contribution in [0.4, 0.5) is 0 Å². The zero-order valence-electron chi connectivity index (χ0n) is 12.5. The SMILES string of the molecule is Cc1[nH]n(-c2ccccc2)c(=O)c1C(=S)SCCCCCBr. The number of benzene rings is 1. The zero-order chi connectivity index (χ0) is 15.9. The third kappa shape index (κ3) is 4.33. The maximum absolute atomic E-state index is 12.6. The van der Waals surface area contributed by atoms with E-state index in [-0.39, 0.29) is 5.56 Å². The molecule has 0 saturated carbocycles. The number of nitrogens with zero attached hydrogens (tertiary/aromatic N) is 1. The number of para-hydroxylation sites is 1. The van der Waals surface area contributed by atoms with Gasteiger partial charge in [0.25, 0.3) is 5.56 Å². The predicted octanol–water partition coefficient (Wildman–Crippen LogP) is 4.45. The third-order valence-corrected chi connectivity index (χ3v) is 5.38. The highest BCUT2D eigenvalue weighted by Gasteiger charge is 2.16. The van der Waals surface area contributed by atoms with Crippen molar-refractivity contribution in [1.29, 1.82) is 0 Å². The summed E-state index contributed by atoms with van der Waals surface area (Å²) in [6.45, 7) is 1.90. The van der Waals surface area contributed by atoms with Crippen LogP contribution in [0.5, 0.6) is 0 Å². The van der Waals surface area contributed by atoms with Gasteiger partial charge < -0.3 is 0 Å². The highest BCUT2D eigenvalue weighted by atomic mass is 79.9. The van der Waals surface area contributed by atoms with Crippen molar-refractivity contribution in [2.75, 3.05) is 11.1 Å². The predicted molar refractivity (Wildman–Crippen MR) is 103 cm³/mol. The molecular formula is C16H19BrN2OS2. The first-order valence-corrected chi connectivity index (χ1v) is 9.77. The fraction of sp³-hybridized carbons (Fsp3) is 0.375. The largest absolute Gasteiger partial charge is 0.295 e. The Bertz CT molecular complexity index is 679. The van der Waals surface area contributed by atoms with Crippen molar-refractivity contribution in [3.63, 3.8) is 0 Å². The highest BCUT2D eigenvalue weighted by Crippen LogP contribution is 2.17. The first-order chi connectivity index (χ1) is 10.6. The van der Waals surface area contributed by atoms with Gasteiger partial charge in [0.2, 0.25) is 0 Å². The lowest BCUT2D eigenvalue weighted by Crippen LogP contribution is -2.19. The van der Waals surface area contributed by atoms with Gasteiger partial charge in [-0.3, -0.25) is 9.89 Å². The average Bonchev–Trinajstić information content (AvgIpc) is 2.82. The number of rotatable bonds is 7. The number of H-pyrrole nitrogens is 1. The summed E-state index contributed by atoms with van der Waals surface area (Å²) in [6.07, 6.45) is 3.48. The Morgan fingerprint density at radius 3 is 2.68 bits per heavy atom. The number of halogens is 1. The molecule has 118 valence electrons. The second-order valence-electron chi connectivity index (χ2n) is 4.97. The standard InChI is InChI=1S/C16H19BrN2OS2/c1-12-14(16(21)22-11-7-3-6-10-17)15(20)19(18-12)13-8-4-2-5-9-13/h2,4-5,8-9,18H,3,6-7,10-11H2,1H3. The molecule has 0 aliphatic carbocycles. The molecule has 0 bridgehead atoms. The van der Waals surface area contributed by atoms with Crippen LogP contribution in [-0.4, -0.2) is 25.1 Å². The Balaban J connectivity index is 2.10. The van der Waals surface area contributed by atoms with Gasteiger partial charge in [-0.2, -0.15) is 0 Å². The molecule has 0 aliphatic heterocycles. The molecule has 2 rings (SSSR count). The molecule has 0 amide bonds. The summed E-state index contributed by atoms with van der Waals surface area (Å²) in [5.41, 5.74) is 2.21. The Morgan fingerprint density at radius 2 is 2.00 bits per heavy atom. The van der Waals surface area contributed by atoms with Crippen LogP contribution in [-0.2, 0) is 0 Å². The van der Waals surface area contributed by atoms with Crippen molar-refractivity contribution < 1.29 is 0 Å². The minimum atomic E-state index is -0.0679. The summed E-state index contributed by atoms with van der Waals surface area (Å²) in [5, 5.41) is 4.16. The number of nitrogens with one attached hydrogen (secondary N) is 1. The van der Waals surface area contributed by atoms with Crippen LogP contribution in [0, 0.1) is 6.92 Å². The maximum Gasteiger partial charge on any atom is 0.280 e. The maximum atomic E-state index is 12.6. The van der Waals surface area contributed by atoms with E-state index in [0.29, 0.717) is 9.76 Å². The summed E-state index contributed by atoms with van der Waals surface area (Å²) >= 11 is 10.5. The van der Waals surface area contributed by atoms with Gasteiger partial charge in [0.05, 0.1) is 15.4 Å². The van der Waals surface area contributed by atoms with E-state index >= 15 is 0 Å². The average molecular weight is 399 g/mol. The van der Waals surface area contributed by atoms with Crippen molar-refractivity contribution in [2.24, 2.45) is 0 Å². The van der Waals surface area contributed by atoms with Crippen LogP contribution in [0.25, 0.3) is 5.69 Å². The Labute approximate surface area is 148 Å². The second-order valence-corrected chi connectivity index (χ2v) is 7.54. The van der Waals surface area contributed by atoms with Crippen molar-refractivity contribution in [3.8, 4) is 5.69 Å². The Morgan fingerprint density at radius 1 is 1.27 bits per heavy atom. The topological polar surface area (TPSA) is 37.8 Å². The number of aromatic nitrogens is 2. The smallest absolute Gasteiger partial charge is 0.280 e. The molecule has 0 spiro atoms. The van der Waals surface area contributed by atoms with Gasteiger partial charge in [-0.05, 0) is 37.7 Å². The Hall–Kier alpha value is -0.850. The van der Waals surface area contributed by atoms with E-state index in [2.05, 4.69) is 21.0 Å². The quantitative estimate of drug-likeness (QED) is 0.425. The highest BCUT2D eigenvalue weighted by molar-refractivity contribution is 9.09. The summed E-state index contributed by atoms with van der Waals surface area (Å²) in [7, 11) is 0. The third-order valence-electron chi connectivity index (χ3n) is 3.30. The molecule has 1 heterocycles. The lowest BCUT2D eigenvalue weighted by Gasteiger charge is -2.01. The fourth-order valence-corrected chi connectivity index (χ4v) is 3.96. The van der Waals surface area contributed by atoms with Crippen LogP contribution < -0.4 is 5.56 Å². The van der Waals surface area contributed by atoms with Gasteiger partial charge >= 0.3 is 0 Å². The van der Waals surface area contributed by atoms with E-state index in [9.17, 15) is 4.79 Å². The van der Waals surface area contributed by atoms with Gasteiger partial charge in [-0.25, -0.2) is 4.68 Å². The molecule has 0 saturated heterocycles. The van der Waals surface area contributed by atoms with Gasteiger partial charge in [-0.1, -0.05) is 52.8 Å². The van der Waals surface area contributed by atoms with Crippen molar-refractivity contribution in [3.05, 3.63) is 51.9 Å². The summed E-state index contributed by atoms with van der Waals surface area (Å²) < 4.78 is 2.25. The van der Waals surface area contributed by atoms with Crippen LogP contribution in [0.3, 0.4) is 0 Å². The molecule has 0 atom stereocenters. The zero-order valence-corrected chi connectivity index (χ0v) is 15.7. The number of aryl methyl sites for hydroxylation is 1. The number of thioether (sulfide) groups is 1. The molecule has 1 aromatic heterocycles. The van der Waals surface area contributed by atoms with Crippen molar-refractivity contribution in [2.45, 2.75) is 26.2 Å². The molecule has 0 unspecified atom stereocenters. The van der Waals surface area contributed by atoms with Crippen LogP contribution >= 0.6 is 39.9 Å². The van der Waals surface area contributed by atoms with E-state index in [1.54, 1.807) is 16.4 Å². The molecule has 0 fully saturated rings. The van der Waals surface area contributed by atoms with Gasteiger partial charge in [0.15, 0.2) is 0 Å². The number of alkyl halides is 1. The van der Waals surface area contributed by atoms with E-state index in [0.717, 1.165) is 28.9 Å². The molecule has 2 aromatic rings. The molecule has 1 aromatic carbocycles. The molecule has 6 heteroatoms. The lowest BCUT2D eigenvalue weighted by molar-refractivity contribution is 0.789. The second kappa shape index (κ2) is 8.70. The molecule has 1 N–H and O–H groups in total. The van der Waals surface area contributed by atoms with E-state index in [4.69, 9.17) is 12.2 Å². The van der Waals surface area contributed by atoms with E-state index in [1.165, 1.54) is 12.8 Å². The summed E-state index contributed by atoms with van der Waals surface area (Å²) in [6, 6.07) is 9.55.